The van der Waals surface area contributed by atoms with E-state index in [1.807, 2.05) is 18.2 Å². The van der Waals surface area contributed by atoms with E-state index in [2.05, 4.69) is 213 Å². The van der Waals surface area contributed by atoms with Crippen LogP contribution in [0.1, 0.15) is 318 Å². The van der Waals surface area contributed by atoms with Crippen LogP contribution >= 0.6 is 0 Å². The van der Waals surface area contributed by atoms with Gasteiger partial charge in [-0.05, 0) is 290 Å². The number of allylic oxidation sites excluding steroid dienone is 11. The number of unbranched alkanes of at least 4 members (excludes halogenated alkanes) is 1. The summed E-state index contributed by atoms with van der Waals surface area (Å²) in [6.45, 7) is 40.4. The molecule has 6 aliphatic rings. The molecule has 0 saturated carbocycles. The monoisotopic (exact) mass is 1620 g/mol. The molecule has 0 saturated heterocycles. The smallest absolute Gasteiger partial charge is 0.412 e. The number of benzene rings is 6. The summed E-state index contributed by atoms with van der Waals surface area (Å²) in [4.78, 5) is 62.9. The number of nitrogens with zero attached hydrogens (tertiary/aromatic N) is 2. The van der Waals surface area contributed by atoms with Gasteiger partial charge in [0.1, 0.15) is 6.29 Å². The number of aliphatic hydroxyl groups excluding tert-OH is 2. The topological polar surface area (TPSA) is 264 Å². The number of fused-ring (bicyclic) bond motifs is 2. The Morgan fingerprint density at radius 1 is 0.429 bits per heavy atom. The predicted octanol–water partition coefficient (Wildman–Crippen LogP) is 21.6. The molecule has 0 spiro atoms. The molecule has 119 heavy (non-hydrogen) atoms. The minimum absolute atomic E-state index is 0. The molecule has 10 N–H and O–H groups in total. The Bertz CT molecular complexity index is 4210. The largest absolute Gasteiger partial charge is 1.00 e. The Kier molecular flexibility index (Phi) is 49.6. The molecule has 0 radical (unpaired) electrons. The van der Waals surface area contributed by atoms with Crippen LogP contribution in [0, 0.1) is 39.6 Å². The molecule has 2 aliphatic heterocycles. The normalized spacial score (nSPS) is 16.4. The maximum absolute atomic E-state index is 12.5. The molecular formula is C104H149LiN6O8. The van der Waals surface area contributed by atoms with Crippen molar-refractivity contribution in [2.75, 3.05) is 39.9 Å². The SMILES string of the molecule is CC1=C(/C=C/c2cccc(CCCN)c2)C(C)(C)CCC1.CC1=C(/C=C/c2cccc(CCCN)c2)C(C)(C)CCC1.CC1=C(/C=C/c2cccc(CCCN3C(=O)c4ccccc4C3=O)c2)C(C)(C)CCC1.CCC1=C(C)CCCC1(C)C.CCO.CO.N=N.O.O=Cc1cccc(CCCN2C(=O)c3ccccc3C2=O)c1.[CH2-]CCC.[HH].[Li+]. The van der Waals surface area contributed by atoms with Crippen LogP contribution in [0.5, 0.6) is 0 Å². The van der Waals surface area contributed by atoms with Gasteiger partial charge in [0, 0.05) is 33.8 Å². The Labute approximate surface area is 731 Å². The van der Waals surface area contributed by atoms with E-state index in [1.165, 1.54) is 155 Å². The van der Waals surface area contributed by atoms with Crippen molar-refractivity contribution in [3.05, 3.63) is 282 Å². The van der Waals surface area contributed by atoms with Gasteiger partial charge in [0.15, 0.2) is 0 Å². The summed E-state index contributed by atoms with van der Waals surface area (Å²) < 4.78 is 0. The van der Waals surface area contributed by atoms with E-state index >= 15 is 0 Å². The van der Waals surface area contributed by atoms with E-state index in [0.29, 0.717) is 63.6 Å². The molecule has 0 unspecified atom stereocenters. The summed E-state index contributed by atoms with van der Waals surface area (Å²) >= 11 is 0. The molecule has 0 fully saturated rings. The summed E-state index contributed by atoms with van der Waals surface area (Å²) in [5, 5.41) is 14.6. The number of rotatable bonds is 23. The molecule has 12 rings (SSSR count). The molecule has 2 heterocycles. The maximum Gasteiger partial charge on any atom is 1.00 e. The fourth-order valence-electron chi connectivity index (χ4n) is 16.8. The van der Waals surface area contributed by atoms with Crippen molar-refractivity contribution >= 4 is 48.1 Å². The Hall–Kier alpha value is -8.55. The molecule has 6 aromatic carbocycles. The molecule has 4 amide bonds. The Balaban J connectivity index is 0.000000739. The van der Waals surface area contributed by atoms with Crippen LogP contribution in [0.4, 0.5) is 0 Å². The number of aryl methyl sites for hydroxylation is 4. The van der Waals surface area contributed by atoms with Crippen molar-refractivity contribution in [2.45, 2.75) is 252 Å². The van der Waals surface area contributed by atoms with Gasteiger partial charge in [0.25, 0.3) is 23.6 Å². The van der Waals surface area contributed by atoms with E-state index in [9.17, 15) is 24.0 Å². The summed E-state index contributed by atoms with van der Waals surface area (Å²) in [6, 6.07) is 47.5. The van der Waals surface area contributed by atoms with Gasteiger partial charge in [-0.3, -0.25) is 33.8 Å². The van der Waals surface area contributed by atoms with Gasteiger partial charge in [-0.25, -0.2) is 11.1 Å². The molecule has 0 aromatic heterocycles. The molecule has 4 aliphatic carbocycles. The van der Waals surface area contributed by atoms with Crippen molar-refractivity contribution in [2.24, 2.45) is 33.1 Å². The first-order valence-corrected chi connectivity index (χ1v) is 43.1. The fraction of sp³-hybridized carbons (Fsp3) is 0.462. The molecule has 14 nitrogen and oxygen atoms in total. The van der Waals surface area contributed by atoms with Crippen LogP contribution in [0.15, 0.2) is 208 Å². The third-order valence-electron chi connectivity index (χ3n) is 23.1. The number of carbonyl (C=O) groups excluding carboxylic acids is 5. The Morgan fingerprint density at radius 3 is 0.933 bits per heavy atom. The van der Waals surface area contributed by atoms with Crippen LogP contribution in [-0.2, 0) is 25.7 Å². The second kappa shape index (κ2) is 55.4. The number of nitrogens with one attached hydrogen (secondary N) is 2. The van der Waals surface area contributed by atoms with Crippen LogP contribution in [-0.4, -0.2) is 95.3 Å². The number of aliphatic hydroxyl groups is 2. The van der Waals surface area contributed by atoms with Crippen LogP contribution in [0.2, 0.25) is 0 Å². The minimum atomic E-state index is -0.220. The second-order valence-electron chi connectivity index (χ2n) is 34.0. The van der Waals surface area contributed by atoms with Crippen molar-refractivity contribution in [1.29, 1.82) is 11.1 Å². The van der Waals surface area contributed by atoms with Crippen LogP contribution in [0.25, 0.3) is 18.2 Å². The van der Waals surface area contributed by atoms with Crippen molar-refractivity contribution in [1.82, 2.24) is 9.80 Å². The molecule has 0 atom stereocenters. The minimum Gasteiger partial charge on any atom is -0.412 e. The number of hydrogen-bond acceptors (Lipinski definition) is 11. The number of nitrogens with two attached hydrogens (primary N) is 2. The van der Waals surface area contributed by atoms with Gasteiger partial charge < -0.3 is 34.1 Å². The molecule has 0 bridgehead atoms. The van der Waals surface area contributed by atoms with E-state index in [4.69, 9.17) is 32.7 Å². The van der Waals surface area contributed by atoms with E-state index in [0.717, 1.165) is 83.4 Å². The zero-order chi connectivity index (χ0) is 86.7. The molecular weight excluding hydrogens is 1470 g/mol. The van der Waals surface area contributed by atoms with E-state index in [1.54, 1.807) is 83.8 Å². The van der Waals surface area contributed by atoms with Gasteiger partial charge in [-0.1, -0.05) is 255 Å². The summed E-state index contributed by atoms with van der Waals surface area (Å²) in [7, 11) is 1.00. The number of amides is 4. The Morgan fingerprint density at radius 2 is 0.689 bits per heavy atom. The average Bonchev–Trinajstić information content (AvgIpc) is 1.63. The quantitative estimate of drug-likeness (QED) is 0.00888. The number of imide groups is 2. The zero-order valence-corrected chi connectivity index (χ0v) is 75.9. The van der Waals surface area contributed by atoms with Gasteiger partial charge in [0.05, 0.1) is 22.3 Å². The first-order chi connectivity index (χ1) is 56.0. The molecule has 15 heteroatoms. The van der Waals surface area contributed by atoms with Crippen molar-refractivity contribution in [3.63, 3.8) is 0 Å². The maximum atomic E-state index is 12.5. The third-order valence-corrected chi connectivity index (χ3v) is 23.1. The standard InChI is InChI=1S/C28H31NO2.2C20H29N.C18H15NO3.C11H20.C4H9.C2H6O.CH4O.Li.H2N2.H2O.H2/c1-20-9-7-17-28(2,3)25(20)16-15-22-11-6-10-21(19-22)12-8-18-29-26(30)23-13-4-5-14-24(23)27(29)31;2*1-16-7-5-13-20(2,3)19(16)12-11-18-9-4-8-17(15-18)10-6-14-21;20-12-14-6-3-5-13(11-14)7-4-10-19-17(21)15-8-1-2-9-16(15)18(19)22;1-5-10-9(2)7-6-8-11(10,3)4;1-3-4-2;1-2-3;1-2;;1-2;;/h4-6,10-11,13-16,19H,7-9,12,17-18H2,1-3H3;2*4,8-9,11-12,15H,5-7,10,13-14,21H2,1-3H3;1-3,5-6,8-9,11-12H,4,7,10H2;5-8H2,1-4H3;1,3-4H2,2H3;3H,2H2,1H3;2H,1H3;;1-2H;1H2;1H/q;;;;;-1;;;+1;;;/b16-15+;2*12-11+;;;;;;;;;. The number of aldehydes is 1. The van der Waals surface area contributed by atoms with Gasteiger partial charge in [0.2, 0.25) is 0 Å². The first-order valence-electron chi connectivity index (χ1n) is 43.1. The summed E-state index contributed by atoms with van der Waals surface area (Å²) in [5.41, 5.74) is 46.5. The van der Waals surface area contributed by atoms with Gasteiger partial charge in [-0.15, -0.1) is 0 Å². The van der Waals surface area contributed by atoms with Gasteiger partial charge in [-0.2, -0.15) is 6.42 Å². The third kappa shape index (κ3) is 33.8. The number of carbonyl (C=O) groups is 5. The average molecular weight is 1620 g/mol. The van der Waals surface area contributed by atoms with Crippen molar-refractivity contribution < 1.29 is 59.9 Å². The van der Waals surface area contributed by atoms with E-state index < -0.39 is 0 Å². The molecule has 644 valence electrons. The van der Waals surface area contributed by atoms with Crippen LogP contribution in [0.3, 0.4) is 0 Å². The first kappa shape index (κ1) is 107. The summed E-state index contributed by atoms with van der Waals surface area (Å²) in [5.74, 6) is -0.781. The zero-order valence-electron chi connectivity index (χ0n) is 75.9. The second-order valence-corrected chi connectivity index (χ2v) is 34.0. The summed E-state index contributed by atoms with van der Waals surface area (Å²) in [6.07, 6.45) is 40.9. The number of hydrogen-bond donors (Lipinski definition) is 6. The van der Waals surface area contributed by atoms with E-state index in [-0.39, 0.29) is 61.4 Å². The molecule has 6 aromatic rings. The van der Waals surface area contributed by atoms with Crippen LogP contribution < -0.4 is 30.3 Å². The van der Waals surface area contributed by atoms with Crippen molar-refractivity contribution in [3.8, 4) is 0 Å². The predicted molar refractivity (Wildman–Crippen MR) is 497 cm³/mol. The van der Waals surface area contributed by atoms with Gasteiger partial charge >= 0.3 is 18.9 Å². The fourth-order valence-corrected chi connectivity index (χ4v) is 16.8.